The van der Waals surface area contributed by atoms with E-state index in [-0.39, 0.29) is 23.2 Å². The number of amides is 1. The van der Waals surface area contributed by atoms with Crippen LogP contribution in [0.15, 0.2) is 60.8 Å². The number of nitrogens with zero attached hydrogens (tertiary/aromatic N) is 3. The molecule has 0 fully saturated rings. The zero-order chi connectivity index (χ0) is 18.5. The van der Waals surface area contributed by atoms with Crippen LogP contribution in [-0.2, 0) is 6.54 Å². The summed E-state index contributed by atoms with van der Waals surface area (Å²) in [5.41, 5.74) is 1.48. The zero-order valence-electron chi connectivity index (χ0n) is 14.0. The molecule has 0 spiro atoms. The Morgan fingerprint density at radius 2 is 1.85 bits per heavy atom. The molecule has 1 N–H and O–H groups in total. The molecule has 0 atom stereocenters. The molecular formula is C19H16F2N4O. The van der Waals surface area contributed by atoms with E-state index in [1.165, 1.54) is 18.3 Å². The van der Waals surface area contributed by atoms with E-state index in [1.807, 2.05) is 30.3 Å². The maximum Gasteiger partial charge on any atom is 0.272 e. The van der Waals surface area contributed by atoms with E-state index in [0.29, 0.717) is 6.54 Å². The van der Waals surface area contributed by atoms with Crippen molar-refractivity contribution in [3.05, 3.63) is 83.7 Å². The highest BCUT2D eigenvalue weighted by molar-refractivity contribution is 5.92. The molecule has 1 aromatic heterocycles. The largest absolute Gasteiger partial charge is 0.336 e. The number of carbonyl (C=O) groups excluding carboxylic acids is 1. The third-order valence-electron chi connectivity index (χ3n) is 3.66. The van der Waals surface area contributed by atoms with Gasteiger partial charge in [-0.05, 0) is 23.8 Å². The number of benzene rings is 2. The topological polar surface area (TPSA) is 58.1 Å². The fourth-order valence-corrected chi connectivity index (χ4v) is 2.37. The minimum absolute atomic E-state index is 0.120. The van der Waals surface area contributed by atoms with Crippen molar-refractivity contribution in [1.82, 2.24) is 14.9 Å². The summed E-state index contributed by atoms with van der Waals surface area (Å²) in [6.45, 7) is 0.440. The van der Waals surface area contributed by atoms with E-state index in [2.05, 4.69) is 15.3 Å². The number of anilines is 2. The average Bonchev–Trinajstić information content (AvgIpc) is 2.65. The minimum Gasteiger partial charge on any atom is -0.336 e. The highest BCUT2D eigenvalue weighted by Crippen LogP contribution is 2.17. The third kappa shape index (κ3) is 4.18. The molecule has 0 aliphatic rings. The predicted octanol–water partition coefficient (Wildman–Crippen LogP) is 3.77. The van der Waals surface area contributed by atoms with Crippen LogP contribution in [-0.4, -0.2) is 27.8 Å². The Morgan fingerprint density at radius 3 is 2.58 bits per heavy atom. The van der Waals surface area contributed by atoms with Gasteiger partial charge in [0, 0.05) is 31.5 Å². The Labute approximate surface area is 149 Å². The van der Waals surface area contributed by atoms with Gasteiger partial charge in [-0.1, -0.05) is 30.3 Å². The van der Waals surface area contributed by atoms with Crippen molar-refractivity contribution in [2.24, 2.45) is 0 Å². The molecule has 1 amide bonds. The van der Waals surface area contributed by atoms with Crippen LogP contribution in [0.1, 0.15) is 16.1 Å². The molecule has 1 heterocycles. The van der Waals surface area contributed by atoms with Crippen LogP contribution in [0.2, 0.25) is 0 Å². The summed E-state index contributed by atoms with van der Waals surface area (Å²) in [7, 11) is 1.68. The molecule has 0 bridgehead atoms. The fourth-order valence-electron chi connectivity index (χ4n) is 2.37. The number of nitrogens with one attached hydrogen (secondary N) is 1. The summed E-state index contributed by atoms with van der Waals surface area (Å²) in [4.78, 5) is 22.2. The maximum atomic E-state index is 13.3. The van der Waals surface area contributed by atoms with Gasteiger partial charge in [0.1, 0.15) is 5.69 Å². The summed E-state index contributed by atoms with van der Waals surface area (Å²) < 4.78 is 26.3. The van der Waals surface area contributed by atoms with Gasteiger partial charge >= 0.3 is 0 Å². The van der Waals surface area contributed by atoms with Crippen LogP contribution in [0.25, 0.3) is 0 Å². The number of rotatable bonds is 5. The van der Waals surface area contributed by atoms with Gasteiger partial charge in [-0.2, -0.15) is 0 Å². The Kier molecular flexibility index (Phi) is 5.17. The van der Waals surface area contributed by atoms with Gasteiger partial charge < -0.3 is 10.2 Å². The van der Waals surface area contributed by atoms with Gasteiger partial charge in [0.15, 0.2) is 11.6 Å². The van der Waals surface area contributed by atoms with Gasteiger partial charge in [0.2, 0.25) is 5.95 Å². The van der Waals surface area contributed by atoms with Crippen molar-refractivity contribution in [3.63, 3.8) is 0 Å². The number of halogens is 2. The van der Waals surface area contributed by atoms with E-state index < -0.39 is 11.6 Å². The molecule has 132 valence electrons. The molecule has 0 saturated carbocycles. The summed E-state index contributed by atoms with van der Waals surface area (Å²) in [6, 6.07) is 14.4. The lowest BCUT2D eigenvalue weighted by Crippen LogP contribution is -2.27. The second-order valence-electron chi connectivity index (χ2n) is 5.67. The molecule has 0 unspecified atom stereocenters. The third-order valence-corrected chi connectivity index (χ3v) is 3.66. The van der Waals surface area contributed by atoms with Gasteiger partial charge in [-0.15, -0.1) is 0 Å². The van der Waals surface area contributed by atoms with Crippen LogP contribution in [0.5, 0.6) is 0 Å². The molecule has 26 heavy (non-hydrogen) atoms. The SMILES string of the molecule is CN(Cc1ccccc1)C(=O)c1ccnc(Nc2ccc(F)c(F)c2)n1. The normalized spacial score (nSPS) is 10.4. The molecule has 0 aliphatic heterocycles. The standard InChI is InChI=1S/C19H16F2N4O/c1-25(12-13-5-3-2-4-6-13)18(26)17-9-10-22-19(24-17)23-14-7-8-15(20)16(21)11-14/h2-11H,12H2,1H3,(H,22,23,24). The average molecular weight is 354 g/mol. The summed E-state index contributed by atoms with van der Waals surface area (Å²) in [5.74, 6) is -2.08. The lowest BCUT2D eigenvalue weighted by atomic mass is 10.2. The molecule has 3 aromatic rings. The van der Waals surface area contributed by atoms with E-state index in [1.54, 1.807) is 11.9 Å². The molecule has 2 aromatic carbocycles. The van der Waals surface area contributed by atoms with Gasteiger partial charge in [-0.25, -0.2) is 18.7 Å². The molecule has 5 nitrogen and oxygen atoms in total. The van der Waals surface area contributed by atoms with Crippen molar-refractivity contribution >= 4 is 17.5 Å². The molecule has 3 rings (SSSR count). The molecule has 7 heteroatoms. The van der Waals surface area contributed by atoms with E-state index in [9.17, 15) is 13.6 Å². The van der Waals surface area contributed by atoms with Crippen molar-refractivity contribution in [1.29, 1.82) is 0 Å². The number of carbonyl (C=O) groups is 1. The zero-order valence-corrected chi connectivity index (χ0v) is 14.0. The smallest absolute Gasteiger partial charge is 0.272 e. The first-order valence-corrected chi connectivity index (χ1v) is 7.87. The van der Waals surface area contributed by atoms with Crippen LogP contribution < -0.4 is 5.32 Å². The first kappa shape index (κ1) is 17.5. The monoisotopic (exact) mass is 354 g/mol. The van der Waals surface area contributed by atoms with Crippen molar-refractivity contribution < 1.29 is 13.6 Å². The van der Waals surface area contributed by atoms with E-state index >= 15 is 0 Å². The summed E-state index contributed by atoms with van der Waals surface area (Å²) in [6.07, 6.45) is 1.43. The second-order valence-corrected chi connectivity index (χ2v) is 5.67. The summed E-state index contributed by atoms with van der Waals surface area (Å²) >= 11 is 0. The Hall–Kier alpha value is -3.35. The second kappa shape index (κ2) is 7.69. The van der Waals surface area contributed by atoms with E-state index in [4.69, 9.17) is 0 Å². The first-order valence-electron chi connectivity index (χ1n) is 7.87. The van der Waals surface area contributed by atoms with Gasteiger partial charge in [0.05, 0.1) is 0 Å². The molecule has 0 saturated heterocycles. The van der Waals surface area contributed by atoms with Gasteiger partial charge in [-0.3, -0.25) is 4.79 Å². The maximum absolute atomic E-state index is 13.3. The van der Waals surface area contributed by atoms with Crippen LogP contribution in [0.3, 0.4) is 0 Å². The lowest BCUT2D eigenvalue weighted by molar-refractivity contribution is 0.0779. The quantitative estimate of drug-likeness (QED) is 0.758. The Morgan fingerprint density at radius 1 is 1.08 bits per heavy atom. The number of hydrogen-bond acceptors (Lipinski definition) is 4. The van der Waals surface area contributed by atoms with Crippen LogP contribution in [0.4, 0.5) is 20.4 Å². The van der Waals surface area contributed by atoms with Crippen LogP contribution in [0, 0.1) is 11.6 Å². The molecular weight excluding hydrogens is 338 g/mol. The van der Waals surface area contributed by atoms with Gasteiger partial charge in [0.25, 0.3) is 5.91 Å². The number of aromatic nitrogens is 2. The Balaban J connectivity index is 1.73. The summed E-state index contributed by atoms with van der Waals surface area (Å²) in [5, 5.41) is 2.76. The Bertz CT molecular complexity index is 918. The molecule has 0 radical (unpaired) electrons. The van der Waals surface area contributed by atoms with Crippen molar-refractivity contribution in [2.75, 3.05) is 12.4 Å². The number of hydrogen-bond donors (Lipinski definition) is 1. The first-order chi connectivity index (χ1) is 12.5. The van der Waals surface area contributed by atoms with Crippen molar-refractivity contribution in [3.8, 4) is 0 Å². The predicted molar refractivity (Wildman–Crippen MR) is 93.9 cm³/mol. The lowest BCUT2D eigenvalue weighted by Gasteiger charge is -2.17. The highest BCUT2D eigenvalue weighted by atomic mass is 19.2. The fraction of sp³-hybridized carbons (Fsp3) is 0.105. The van der Waals surface area contributed by atoms with Crippen LogP contribution >= 0.6 is 0 Å². The van der Waals surface area contributed by atoms with Crippen molar-refractivity contribution in [2.45, 2.75) is 6.54 Å². The van der Waals surface area contributed by atoms with E-state index in [0.717, 1.165) is 17.7 Å². The molecule has 0 aliphatic carbocycles. The highest BCUT2D eigenvalue weighted by Gasteiger charge is 2.15. The minimum atomic E-state index is -0.982.